The summed E-state index contributed by atoms with van der Waals surface area (Å²) in [7, 11) is 0. The van der Waals surface area contributed by atoms with Crippen LogP contribution in [0.15, 0.2) is 17.1 Å². The van der Waals surface area contributed by atoms with E-state index in [1.54, 1.807) is 6.20 Å². The predicted molar refractivity (Wildman–Crippen MR) is 109 cm³/mol. The van der Waals surface area contributed by atoms with Crippen molar-refractivity contribution in [3.8, 4) is 0 Å². The maximum absolute atomic E-state index is 13.0. The first kappa shape index (κ1) is 19.3. The number of aromatic nitrogens is 4. The van der Waals surface area contributed by atoms with Crippen LogP contribution < -0.4 is 10.9 Å². The fraction of sp³-hybridized carbons (Fsp3) is 0.632. The van der Waals surface area contributed by atoms with E-state index >= 15 is 0 Å². The minimum atomic E-state index is -0.268. The van der Waals surface area contributed by atoms with Crippen molar-refractivity contribution in [2.24, 2.45) is 0 Å². The van der Waals surface area contributed by atoms with Gasteiger partial charge in [-0.25, -0.2) is 0 Å². The fourth-order valence-corrected chi connectivity index (χ4v) is 5.27. The molecule has 0 aromatic carbocycles. The molecule has 4 heterocycles. The van der Waals surface area contributed by atoms with Crippen LogP contribution in [0.3, 0.4) is 0 Å². The van der Waals surface area contributed by atoms with Crippen LogP contribution in [-0.2, 0) is 9.53 Å². The van der Waals surface area contributed by atoms with Crippen LogP contribution in [-0.4, -0.2) is 43.4 Å². The summed E-state index contributed by atoms with van der Waals surface area (Å²) in [5.74, 6) is 0.786. The van der Waals surface area contributed by atoms with E-state index in [4.69, 9.17) is 4.74 Å². The number of hydrogen-bond donors (Lipinski definition) is 2. The van der Waals surface area contributed by atoms with Gasteiger partial charge in [0.2, 0.25) is 5.91 Å². The predicted octanol–water partition coefficient (Wildman–Crippen LogP) is 2.86. The second-order valence-electron chi connectivity index (χ2n) is 8.36. The van der Waals surface area contributed by atoms with Gasteiger partial charge in [0, 0.05) is 18.8 Å². The number of amides is 1. The van der Waals surface area contributed by atoms with Gasteiger partial charge in [0.15, 0.2) is 0 Å². The molecule has 0 aliphatic carbocycles. The Morgan fingerprint density at radius 3 is 2.86 bits per heavy atom. The molecule has 28 heavy (non-hydrogen) atoms. The number of anilines is 1. The number of hydrogen-bond acceptors (Lipinski definition) is 5. The largest absolute Gasteiger partial charge is 0.375 e. The Morgan fingerprint density at radius 2 is 2.14 bits per heavy atom. The van der Waals surface area contributed by atoms with Crippen LogP contribution >= 0.6 is 11.8 Å². The normalized spacial score (nSPS) is 24.7. The lowest BCUT2D eigenvalue weighted by molar-refractivity contribution is -0.113. The van der Waals surface area contributed by atoms with E-state index in [-0.39, 0.29) is 34.4 Å². The second kappa shape index (κ2) is 7.11. The van der Waals surface area contributed by atoms with Crippen molar-refractivity contribution in [1.29, 1.82) is 0 Å². The molecule has 0 bridgehead atoms. The maximum atomic E-state index is 13.0. The van der Waals surface area contributed by atoms with Crippen LogP contribution in [0.4, 0.5) is 5.82 Å². The molecule has 0 unspecified atom stereocenters. The molecule has 1 amide bonds. The number of thioether (sulfide) groups is 1. The summed E-state index contributed by atoms with van der Waals surface area (Å²) in [4.78, 5) is 25.5. The first-order valence-corrected chi connectivity index (χ1v) is 10.7. The van der Waals surface area contributed by atoms with Gasteiger partial charge < -0.3 is 10.1 Å². The van der Waals surface area contributed by atoms with E-state index < -0.39 is 0 Å². The highest BCUT2D eigenvalue weighted by Gasteiger charge is 2.36. The monoisotopic (exact) mass is 405 g/mol. The Labute approximate surface area is 168 Å². The van der Waals surface area contributed by atoms with Crippen LogP contribution in [0.1, 0.15) is 69.1 Å². The van der Waals surface area contributed by atoms with Crippen molar-refractivity contribution >= 4 is 23.5 Å². The highest BCUT2D eigenvalue weighted by Crippen LogP contribution is 2.42. The first-order valence-electron chi connectivity index (χ1n) is 9.70. The van der Waals surface area contributed by atoms with Crippen LogP contribution in [0, 0.1) is 0 Å². The number of nitrogens with one attached hydrogen (secondary N) is 2. The van der Waals surface area contributed by atoms with E-state index in [1.165, 1.54) is 11.8 Å². The topological polar surface area (TPSA) is 93.9 Å². The number of rotatable bonds is 3. The van der Waals surface area contributed by atoms with Gasteiger partial charge in [0.1, 0.15) is 5.82 Å². The number of ether oxygens (including phenoxy) is 1. The number of carbonyl (C=O) groups excluding carboxylic acids is 1. The Bertz CT molecular complexity index is 942. The molecule has 2 aliphatic rings. The first-order chi connectivity index (χ1) is 13.3. The van der Waals surface area contributed by atoms with Gasteiger partial charge in [0.05, 0.1) is 33.9 Å². The van der Waals surface area contributed by atoms with Gasteiger partial charge in [-0.2, -0.15) is 5.10 Å². The Hall–Kier alpha value is -2.00. The molecule has 0 radical (unpaired) electrons. The van der Waals surface area contributed by atoms with Crippen LogP contribution in [0.25, 0.3) is 0 Å². The molecular weight excluding hydrogens is 378 g/mol. The van der Waals surface area contributed by atoms with Gasteiger partial charge in [-0.1, -0.05) is 0 Å². The molecule has 2 aliphatic heterocycles. The minimum absolute atomic E-state index is 0.0688. The smallest absolute Gasteiger partial charge is 0.271 e. The van der Waals surface area contributed by atoms with Crippen molar-refractivity contribution in [3.05, 3.63) is 33.9 Å². The molecule has 152 valence electrons. The third-order valence-electron chi connectivity index (χ3n) is 5.36. The highest BCUT2D eigenvalue weighted by atomic mass is 32.2. The van der Waals surface area contributed by atoms with Gasteiger partial charge in [-0.15, -0.1) is 11.8 Å². The van der Waals surface area contributed by atoms with Crippen molar-refractivity contribution in [2.75, 3.05) is 17.7 Å². The van der Waals surface area contributed by atoms with Crippen LogP contribution in [0.2, 0.25) is 0 Å². The lowest BCUT2D eigenvalue weighted by Gasteiger charge is -2.36. The Balaban J connectivity index is 1.82. The Morgan fingerprint density at radius 1 is 1.36 bits per heavy atom. The molecule has 0 spiro atoms. The zero-order valence-electron chi connectivity index (χ0n) is 16.7. The lowest BCUT2D eigenvalue weighted by atomic mass is 9.94. The van der Waals surface area contributed by atoms with Crippen LogP contribution in [0.5, 0.6) is 0 Å². The maximum Gasteiger partial charge on any atom is 0.271 e. The molecule has 2 N–H and O–H groups in total. The van der Waals surface area contributed by atoms with E-state index in [0.717, 1.165) is 18.5 Å². The molecular formula is C19H27N5O3S. The third kappa shape index (κ3) is 3.41. The standard InChI is InChI=1S/C19H27N5O3S/c1-11(2)23-13(5-7-20-23)16-15-17(21-14(25)10-28-16)24(22-18(15)26)12-6-8-27-19(3,4)9-12/h5,7,11-12,16H,6,8-10H2,1-4H3,(H,21,25)(H,22,26)/t12-,16+/m1/s1. The summed E-state index contributed by atoms with van der Waals surface area (Å²) >= 11 is 1.47. The molecule has 8 nitrogen and oxygen atoms in total. The zero-order valence-corrected chi connectivity index (χ0v) is 17.5. The van der Waals surface area contributed by atoms with Crippen molar-refractivity contribution in [3.63, 3.8) is 0 Å². The van der Waals surface area contributed by atoms with Crippen molar-refractivity contribution in [2.45, 2.75) is 63.5 Å². The quantitative estimate of drug-likeness (QED) is 0.819. The molecule has 4 rings (SSSR count). The highest BCUT2D eigenvalue weighted by molar-refractivity contribution is 8.00. The number of carbonyl (C=O) groups is 1. The molecule has 1 saturated heterocycles. The van der Waals surface area contributed by atoms with Gasteiger partial charge >= 0.3 is 0 Å². The molecule has 1 fully saturated rings. The number of fused-ring (bicyclic) bond motifs is 1. The van der Waals surface area contributed by atoms with Gasteiger partial charge in [-0.3, -0.25) is 24.1 Å². The summed E-state index contributed by atoms with van der Waals surface area (Å²) in [6, 6.07) is 2.17. The molecule has 0 saturated carbocycles. The SMILES string of the molecule is CC(C)n1nccc1[C@@H]1SCC(=O)Nc2c1c(=O)[nH]n2[C@@H]1CCOC(C)(C)C1. The van der Waals surface area contributed by atoms with E-state index in [0.29, 0.717) is 23.7 Å². The minimum Gasteiger partial charge on any atom is -0.375 e. The lowest BCUT2D eigenvalue weighted by Crippen LogP contribution is -2.36. The summed E-state index contributed by atoms with van der Waals surface area (Å²) in [6.07, 6.45) is 3.31. The molecule has 2 aromatic heterocycles. The van der Waals surface area contributed by atoms with E-state index in [9.17, 15) is 9.59 Å². The summed E-state index contributed by atoms with van der Waals surface area (Å²) in [5.41, 5.74) is 1.11. The Kier molecular flexibility index (Phi) is 4.91. The average molecular weight is 406 g/mol. The summed E-state index contributed by atoms with van der Waals surface area (Å²) in [5, 5.41) is 10.1. The fourth-order valence-electron chi connectivity index (χ4n) is 4.13. The number of nitrogens with zero attached hydrogens (tertiary/aromatic N) is 3. The number of H-pyrrole nitrogens is 1. The number of aromatic amines is 1. The summed E-state index contributed by atoms with van der Waals surface area (Å²) in [6.45, 7) is 8.85. The molecule has 2 atom stereocenters. The van der Waals surface area contributed by atoms with Gasteiger partial charge in [0.25, 0.3) is 5.56 Å². The zero-order chi connectivity index (χ0) is 20.1. The summed E-state index contributed by atoms with van der Waals surface area (Å²) < 4.78 is 9.61. The van der Waals surface area contributed by atoms with Crippen molar-refractivity contribution < 1.29 is 9.53 Å². The average Bonchev–Trinajstić information content (AvgIpc) is 3.17. The van der Waals surface area contributed by atoms with E-state index in [1.807, 2.05) is 15.4 Å². The molecule has 9 heteroatoms. The van der Waals surface area contributed by atoms with Crippen molar-refractivity contribution in [1.82, 2.24) is 19.6 Å². The second-order valence-corrected chi connectivity index (χ2v) is 9.46. The third-order valence-corrected chi connectivity index (χ3v) is 6.60. The van der Waals surface area contributed by atoms with Gasteiger partial charge in [-0.05, 0) is 46.6 Å². The van der Waals surface area contributed by atoms with E-state index in [2.05, 4.69) is 43.2 Å². The molecule has 2 aromatic rings.